The van der Waals surface area contributed by atoms with E-state index >= 15 is 0 Å². The van der Waals surface area contributed by atoms with E-state index in [9.17, 15) is 18.3 Å². The Labute approximate surface area is 217 Å². The SMILES string of the molecule is CCNC(=O)Nc1nc2cc(-c3cnc(C(O)NS(=O)(=O)C4CC4)nc3)cc(-c3ccc(C)cn3)c2s1. The monoisotopic (exact) mass is 539 g/mol. The fourth-order valence-electron chi connectivity index (χ4n) is 3.68. The zero-order valence-electron chi connectivity index (χ0n) is 20.1. The van der Waals surface area contributed by atoms with E-state index in [0.717, 1.165) is 27.1 Å². The minimum absolute atomic E-state index is 0.0449. The van der Waals surface area contributed by atoms with Crippen molar-refractivity contribution < 1.29 is 18.3 Å². The first-order valence-electron chi connectivity index (χ1n) is 11.7. The molecule has 0 aliphatic heterocycles. The number of urea groups is 1. The van der Waals surface area contributed by atoms with Crippen molar-refractivity contribution >= 4 is 42.7 Å². The minimum atomic E-state index is -3.60. The van der Waals surface area contributed by atoms with E-state index < -0.39 is 21.5 Å². The number of nitrogens with zero attached hydrogens (tertiary/aromatic N) is 4. The van der Waals surface area contributed by atoms with E-state index in [1.54, 1.807) is 6.20 Å². The van der Waals surface area contributed by atoms with Gasteiger partial charge < -0.3 is 10.4 Å². The van der Waals surface area contributed by atoms with Crippen LogP contribution >= 0.6 is 11.3 Å². The molecule has 0 spiro atoms. The van der Waals surface area contributed by atoms with Gasteiger partial charge in [0.25, 0.3) is 0 Å². The molecule has 37 heavy (non-hydrogen) atoms. The molecule has 3 heterocycles. The van der Waals surface area contributed by atoms with Crippen LogP contribution < -0.4 is 15.4 Å². The first-order chi connectivity index (χ1) is 17.7. The van der Waals surface area contributed by atoms with E-state index in [2.05, 4.69) is 35.3 Å². The van der Waals surface area contributed by atoms with Crippen LogP contribution in [-0.4, -0.2) is 51.3 Å². The fraction of sp³-hybridized carbons (Fsp3) is 0.292. The van der Waals surface area contributed by atoms with Gasteiger partial charge in [-0.05, 0) is 56.0 Å². The number of thiazole rings is 1. The normalized spacial score (nSPS) is 14.5. The molecule has 1 unspecified atom stereocenters. The van der Waals surface area contributed by atoms with Crippen LogP contribution in [0.1, 0.15) is 37.4 Å². The van der Waals surface area contributed by atoms with E-state index in [1.807, 2.05) is 38.1 Å². The highest BCUT2D eigenvalue weighted by atomic mass is 32.2. The highest BCUT2D eigenvalue weighted by molar-refractivity contribution is 7.90. The Hall–Kier alpha value is -3.52. The molecule has 13 heteroatoms. The van der Waals surface area contributed by atoms with Gasteiger partial charge >= 0.3 is 6.03 Å². The Morgan fingerprint density at radius 1 is 1.14 bits per heavy atom. The Bertz CT molecular complexity index is 1550. The summed E-state index contributed by atoms with van der Waals surface area (Å²) in [5, 5.41) is 15.7. The maximum atomic E-state index is 12.1. The summed E-state index contributed by atoms with van der Waals surface area (Å²) in [6, 6.07) is 7.36. The van der Waals surface area contributed by atoms with Crippen LogP contribution in [0.3, 0.4) is 0 Å². The third-order valence-electron chi connectivity index (χ3n) is 5.72. The second-order valence-corrected chi connectivity index (χ2v) is 11.7. The Morgan fingerprint density at radius 3 is 2.54 bits per heavy atom. The fourth-order valence-corrected chi connectivity index (χ4v) is 6.01. The molecule has 1 aliphatic rings. The van der Waals surface area contributed by atoms with Gasteiger partial charge in [-0.15, -0.1) is 0 Å². The largest absolute Gasteiger partial charge is 0.370 e. The van der Waals surface area contributed by atoms with Gasteiger partial charge in [-0.25, -0.2) is 28.2 Å². The first-order valence-corrected chi connectivity index (χ1v) is 14.0. The Kier molecular flexibility index (Phi) is 6.86. The van der Waals surface area contributed by atoms with Gasteiger partial charge in [-0.2, -0.15) is 4.72 Å². The number of carbonyl (C=O) groups is 1. The number of benzene rings is 1. The number of aliphatic hydroxyl groups is 1. The number of rotatable bonds is 8. The van der Waals surface area contributed by atoms with Crippen LogP contribution in [0.4, 0.5) is 9.93 Å². The molecule has 0 bridgehead atoms. The lowest BCUT2D eigenvalue weighted by atomic mass is 10.0. The summed E-state index contributed by atoms with van der Waals surface area (Å²) >= 11 is 1.35. The van der Waals surface area contributed by atoms with Crippen LogP contribution in [0.2, 0.25) is 0 Å². The lowest BCUT2D eigenvalue weighted by Crippen LogP contribution is -2.32. The molecule has 2 amide bonds. The summed E-state index contributed by atoms with van der Waals surface area (Å²) in [7, 11) is -3.60. The average Bonchev–Trinajstić information content (AvgIpc) is 3.66. The third kappa shape index (κ3) is 5.59. The quantitative estimate of drug-likeness (QED) is 0.248. The smallest absolute Gasteiger partial charge is 0.321 e. The van der Waals surface area contributed by atoms with Crippen molar-refractivity contribution in [3.8, 4) is 22.4 Å². The second-order valence-electron chi connectivity index (χ2n) is 8.69. The molecule has 1 aliphatic carbocycles. The molecule has 0 saturated heterocycles. The predicted molar refractivity (Wildman–Crippen MR) is 141 cm³/mol. The zero-order valence-corrected chi connectivity index (χ0v) is 21.7. The summed E-state index contributed by atoms with van der Waals surface area (Å²) in [6.45, 7) is 4.29. The number of aromatic nitrogens is 4. The number of aliphatic hydroxyl groups excluding tert-OH is 1. The molecule has 192 valence electrons. The number of amides is 2. The summed E-state index contributed by atoms with van der Waals surface area (Å²) in [6.07, 6.45) is 4.45. The molecule has 0 radical (unpaired) electrons. The lowest BCUT2D eigenvalue weighted by Gasteiger charge is -2.12. The molecular formula is C24H25N7O4S2. The van der Waals surface area contributed by atoms with Gasteiger partial charge in [0.2, 0.25) is 10.0 Å². The summed E-state index contributed by atoms with van der Waals surface area (Å²) in [5.41, 5.74) is 4.65. The number of carbonyl (C=O) groups excluding carboxylic acids is 1. The van der Waals surface area contributed by atoms with Gasteiger partial charge in [-0.1, -0.05) is 17.4 Å². The summed E-state index contributed by atoms with van der Waals surface area (Å²) in [5.74, 6) is -0.0449. The molecule has 11 nitrogen and oxygen atoms in total. The summed E-state index contributed by atoms with van der Waals surface area (Å²) in [4.78, 5) is 29.6. The standard InChI is InChI=1S/C24H25N7O4S2/c1-3-25-23(33)30-24-29-19-9-14(8-17(20(19)36-24)18-7-4-13(2)10-26-18)15-11-27-21(28-12-15)22(32)31-37(34,35)16-5-6-16/h4,7-12,16,22,31-32H,3,5-6H2,1-2H3,(H2,25,29,30,33). The maximum Gasteiger partial charge on any atom is 0.321 e. The van der Waals surface area contributed by atoms with Crippen LogP contribution in [0, 0.1) is 6.92 Å². The van der Waals surface area contributed by atoms with Crippen molar-refractivity contribution in [1.82, 2.24) is 30.0 Å². The molecule has 3 aromatic heterocycles. The first kappa shape index (κ1) is 25.1. The van der Waals surface area contributed by atoms with Crippen LogP contribution in [0.5, 0.6) is 0 Å². The summed E-state index contributed by atoms with van der Waals surface area (Å²) < 4.78 is 27.3. The molecule has 1 aromatic carbocycles. The highest BCUT2D eigenvalue weighted by Crippen LogP contribution is 2.38. The zero-order chi connectivity index (χ0) is 26.2. The Morgan fingerprint density at radius 2 is 1.89 bits per heavy atom. The lowest BCUT2D eigenvalue weighted by molar-refractivity contribution is 0.156. The minimum Gasteiger partial charge on any atom is -0.370 e. The van der Waals surface area contributed by atoms with Crippen molar-refractivity contribution in [2.45, 2.75) is 38.2 Å². The van der Waals surface area contributed by atoms with Crippen LogP contribution in [0.25, 0.3) is 32.6 Å². The van der Waals surface area contributed by atoms with Gasteiger partial charge in [0, 0.05) is 36.3 Å². The number of pyridine rings is 1. The van der Waals surface area contributed by atoms with Gasteiger partial charge in [0.1, 0.15) is 0 Å². The van der Waals surface area contributed by atoms with Crippen molar-refractivity contribution in [2.75, 3.05) is 11.9 Å². The van der Waals surface area contributed by atoms with E-state index in [1.165, 1.54) is 23.7 Å². The van der Waals surface area contributed by atoms with Crippen LogP contribution in [0.15, 0.2) is 42.9 Å². The van der Waals surface area contributed by atoms with Gasteiger partial charge in [-0.3, -0.25) is 10.3 Å². The number of fused-ring (bicyclic) bond motifs is 1. The van der Waals surface area contributed by atoms with Crippen molar-refractivity contribution in [1.29, 1.82) is 0 Å². The van der Waals surface area contributed by atoms with Gasteiger partial charge in [0.05, 0.1) is 21.2 Å². The Balaban J connectivity index is 1.50. The van der Waals surface area contributed by atoms with Gasteiger partial charge in [0.15, 0.2) is 17.2 Å². The molecule has 1 fully saturated rings. The molecule has 4 N–H and O–H groups in total. The highest BCUT2D eigenvalue weighted by Gasteiger charge is 2.37. The molecule has 5 rings (SSSR count). The predicted octanol–water partition coefficient (Wildman–Crippen LogP) is 3.34. The number of hydrogen-bond donors (Lipinski definition) is 4. The third-order valence-corrected chi connectivity index (χ3v) is 8.64. The average molecular weight is 540 g/mol. The molecule has 4 aromatic rings. The molecule has 1 saturated carbocycles. The number of hydrogen-bond acceptors (Lipinski definition) is 9. The number of anilines is 1. The topological polar surface area (TPSA) is 159 Å². The second kappa shape index (κ2) is 10.1. The van der Waals surface area contributed by atoms with E-state index in [4.69, 9.17) is 0 Å². The number of aryl methyl sites for hydroxylation is 1. The van der Waals surface area contributed by atoms with Crippen molar-refractivity contribution in [3.05, 3.63) is 54.2 Å². The van der Waals surface area contributed by atoms with Crippen molar-refractivity contribution in [3.63, 3.8) is 0 Å². The van der Waals surface area contributed by atoms with Crippen LogP contribution in [-0.2, 0) is 10.0 Å². The van der Waals surface area contributed by atoms with E-state index in [-0.39, 0.29) is 11.9 Å². The molecular weight excluding hydrogens is 514 g/mol. The van der Waals surface area contributed by atoms with E-state index in [0.29, 0.717) is 35.6 Å². The number of sulfonamides is 1. The number of nitrogens with one attached hydrogen (secondary N) is 3. The van der Waals surface area contributed by atoms with Crippen molar-refractivity contribution in [2.24, 2.45) is 0 Å². The molecule has 1 atom stereocenters. The maximum absolute atomic E-state index is 12.1.